The number of aromatic nitrogens is 6. The second-order valence-corrected chi connectivity index (χ2v) is 33.1. The van der Waals surface area contributed by atoms with E-state index in [1.807, 2.05) is 168 Å². The molecule has 0 bridgehead atoms. The lowest BCUT2D eigenvalue weighted by Gasteiger charge is -2.05. The number of hydrogen-bond acceptors (Lipinski definition) is 14. The normalized spacial score (nSPS) is 10.3. The monoisotopic (exact) mass is 1960 g/mol. The highest BCUT2D eigenvalue weighted by molar-refractivity contribution is 6.30. The van der Waals surface area contributed by atoms with Crippen LogP contribution < -0.4 is 10.1 Å². The van der Waals surface area contributed by atoms with Crippen LogP contribution in [-0.2, 0) is 50.2 Å². The molecule has 0 aliphatic rings. The number of hydrogen-bond donors (Lipinski definition) is 7. The highest BCUT2D eigenvalue weighted by atomic mass is 35.5. The van der Waals surface area contributed by atoms with Gasteiger partial charge in [-0.3, -0.25) is 4.79 Å². The summed E-state index contributed by atoms with van der Waals surface area (Å²) in [5, 5.41) is 126. The molecule has 0 saturated carbocycles. The summed E-state index contributed by atoms with van der Waals surface area (Å²) in [5.74, 6) is 38.5. The average molecular weight is 1960 g/mol. The van der Waals surface area contributed by atoms with Crippen LogP contribution in [-0.4, -0.2) is 71.1 Å². The van der Waals surface area contributed by atoms with E-state index in [1.54, 1.807) is 139 Å². The predicted octanol–water partition coefficient (Wildman–Crippen LogP) is 24.6. The van der Waals surface area contributed by atoms with Crippen molar-refractivity contribution in [2.75, 3.05) is 12.4 Å². The minimum atomic E-state index is -4.39. The number of alkyl halides is 3. The lowest BCUT2D eigenvalue weighted by Crippen LogP contribution is -2.05. The van der Waals surface area contributed by atoms with Crippen molar-refractivity contribution < 1.29 is 53.3 Å². The molecule has 0 spiro atoms. The Morgan fingerprint density at radius 1 is 0.313 bits per heavy atom. The smallest absolute Gasteiger partial charge is 0.416 e. The Hall–Kier alpha value is -20.2. The Balaban J connectivity index is 0.000000139. The number of aryl methyl sites for hydroxylation is 6. The number of phenols is 6. The first-order valence-electron chi connectivity index (χ1n) is 46.3. The fourth-order valence-electron chi connectivity index (χ4n) is 16.9. The molecule has 0 radical (unpaired) electrons. The third-order valence-corrected chi connectivity index (χ3v) is 24.0. The third kappa shape index (κ3) is 23.1. The largest absolute Gasteiger partial charge is 0.508 e. The van der Waals surface area contributed by atoms with Gasteiger partial charge in [0.2, 0.25) is 5.91 Å². The summed E-state index contributed by atoms with van der Waals surface area (Å²) in [5.41, 5.74) is 16.3. The predicted molar refractivity (Wildman–Crippen MR) is 567 cm³/mol. The molecular weight excluding hydrogens is 1870 g/mol. The third-order valence-electron chi connectivity index (χ3n) is 23.7. The number of nitrogens with one attached hydrogen (secondary N) is 1. The van der Waals surface area contributed by atoms with Crippen molar-refractivity contribution in [2.24, 2.45) is 0 Å². The lowest BCUT2D eigenvalue weighted by molar-refractivity contribution is -0.137. The molecule has 25 heteroatoms. The number of ether oxygens (including phenoxy) is 1. The zero-order chi connectivity index (χ0) is 105. The van der Waals surface area contributed by atoms with Crippen LogP contribution in [0.4, 0.5) is 18.9 Å². The van der Waals surface area contributed by atoms with Crippen molar-refractivity contribution in [1.29, 1.82) is 31.6 Å². The summed E-state index contributed by atoms with van der Waals surface area (Å²) in [4.78, 5) is 11.1. The number of amides is 1. The van der Waals surface area contributed by atoms with Crippen molar-refractivity contribution in [1.82, 2.24) is 27.4 Å². The first kappa shape index (κ1) is 103. The molecule has 6 heterocycles. The van der Waals surface area contributed by atoms with Crippen molar-refractivity contribution in [3.63, 3.8) is 0 Å². The maximum atomic E-state index is 12.6. The van der Waals surface area contributed by atoms with Gasteiger partial charge in [-0.2, -0.15) is 44.7 Å². The molecule has 0 fully saturated rings. The number of halogens is 4. The van der Waals surface area contributed by atoms with Gasteiger partial charge in [-0.15, -0.1) is 0 Å². The number of anilines is 1. The van der Waals surface area contributed by atoms with E-state index in [9.17, 15) is 80.2 Å². The minimum Gasteiger partial charge on any atom is -0.508 e. The Bertz CT molecular complexity index is 9040. The van der Waals surface area contributed by atoms with Crippen LogP contribution in [0.3, 0.4) is 0 Å². The van der Waals surface area contributed by atoms with Gasteiger partial charge >= 0.3 is 6.18 Å². The number of aromatic hydroxyl groups is 6. The van der Waals surface area contributed by atoms with Crippen molar-refractivity contribution in [3.8, 4) is 148 Å². The van der Waals surface area contributed by atoms with Crippen LogP contribution in [0, 0.1) is 139 Å². The molecule has 19 aromatic rings. The average Bonchev–Trinajstić information content (AvgIpc) is 1.65. The van der Waals surface area contributed by atoms with Gasteiger partial charge in [-0.25, -0.2) is 0 Å². The van der Waals surface area contributed by atoms with Gasteiger partial charge in [-0.1, -0.05) is 102 Å². The number of nitriles is 6. The molecule has 13 aromatic carbocycles. The maximum Gasteiger partial charge on any atom is 0.416 e. The number of methoxy groups -OCH3 is 1. The second kappa shape index (κ2) is 46.7. The van der Waals surface area contributed by atoms with Crippen LogP contribution in [0.1, 0.15) is 155 Å². The van der Waals surface area contributed by atoms with Crippen LogP contribution in [0.25, 0.3) is 76.2 Å². The topological polar surface area (TPSA) is 332 Å². The number of nitrogens with zero attached hydrogens (tertiary/aromatic N) is 12. The number of phenolic OH excluding ortho intramolecular Hbond substituents is 6. The number of fused-ring (bicyclic) bond motifs is 7. The molecule has 0 aliphatic carbocycles. The van der Waals surface area contributed by atoms with E-state index in [-0.39, 0.29) is 40.4 Å². The van der Waals surface area contributed by atoms with Gasteiger partial charge < -0.3 is 68.1 Å². The summed E-state index contributed by atoms with van der Waals surface area (Å²) in [6, 6.07) is 93.4. The molecule has 147 heavy (non-hydrogen) atoms. The SMILES string of the molecule is CCn1c(C#Cc2ccc(C(F)(F)F)cc2)c(C#N)c2ccc(O)cc21.CCn1c(C#Cc2ccc(Cl)cc2)c(C#N)c2ccc(O)cc21.CCn1c(C#Cc2ccc(NC(C)=O)cc2)c(C#N)c2ccc(O)cc21.CCn1c(C#Cc2ccc(OC)cc2)c(C#N)c2ccc(O)cc21.CCn1c(C#Cc2cccc3ccccc23)c(C#N)c2ccc(O)cc21.CCn1c(C#Cc2ccccc2)c(C#N)c2ccc(O)cc21. The van der Waals surface area contributed by atoms with Crippen molar-refractivity contribution in [2.45, 2.75) is 93.9 Å². The van der Waals surface area contributed by atoms with Gasteiger partial charge in [0.05, 0.1) is 79.2 Å². The molecule has 19 rings (SSSR count). The molecule has 0 unspecified atom stereocenters. The van der Waals surface area contributed by atoms with Crippen molar-refractivity contribution in [3.05, 3.63) is 391 Å². The van der Waals surface area contributed by atoms with Crippen molar-refractivity contribution >= 4 is 99.4 Å². The van der Waals surface area contributed by atoms with Gasteiger partial charge in [0.25, 0.3) is 0 Å². The summed E-state index contributed by atoms with van der Waals surface area (Å²) >= 11 is 5.87. The van der Waals surface area contributed by atoms with Crippen LogP contribution in [0.2, 0.25) is 5.02 Å². The van der Waals surface area contributed by atoms with Gasteiger partial charge in [-0.05, 0) is 276 Å². The van der Waals surface area contributed by atoms with Crippen LogP contribution in [0.5, 0.6) is 40.2 Å². The number of benzene rings is 13. The first-order valence-corrected chi connectivity index (χ1v) is 46.7. The molecule has 7 N–H and O–H groups in total. The fourth-order valence-corrected chi connectivity index (χ4v) is 17.0. The number of carbonyl (C=O) groups is 1. The van der Waals surface area contributed by atoms with E-state index in [1.165, 1.54) is 25.1 Å². The van der Waals surface area contributed by atoms with Crippen LogP contribution >= 0.6 is 11.6 Å². The molecular formula is C122H89ClF3N13O8. The van der Waals surface area contributed by atoms with Crippen LogP contribution in [0.15, 0.2) is 279 Å². The molecule has 0 aliphatic heterocycles. The highest BCUT2D eigenvalue weighted by Crippen LogP contribution is 2.37. The summed E-state index contributed by atoms with van der Waals surface area (Å²) < 4.78 is 54.6. The quantitative estimate of drug-likeness (QED) is 0.0696. The minimum absolute atomic E-state index is 0.0800. The summed E-state index contributed by atoms with van der Waals surface area (Å²) in [7, 11) is 1.62. The maximum absolute atomic E-state index is 12.6. The lowest BCUT2D eigenvalue weighted by atomic mass is 10.0. The van der Waals surface area contributed by atoms with Gasteiger partial charge in [0, 0.05) is 159 Å². The van der Waals surface area contributed by atoms with Gasteiger partial charge in [0.1, 0.15) is 111 Å². The zero-order valence-corrected chi connectivity index (χ0v) is 81.4. The Morgan fingerprint density at radius 3 is 0.850 bits per heavy atom. The molecule has 6 aromatic heterocycles. The molecule has 0 saturated heterocycles. The molecule has 1 amide bonds. The number of carbonyl (C=O) groups excluding carboxylic acids is 1. The highest BCUT2D eigenvalue weighted by Gasteiger charge is 2.30. The van der Waals surface area contributed by atoms with E-state index < -0.39 is 11.7 Å². The zero-order valence-electron chi connectivity index (χ0n) is 80.7. The number of rotatable bonds is 8. The standard InChI is InChI=1S/C23H16N2O.C21H17N3O2.C20H13F3N2O.C20H16N2O2.C19H13ClN2O.C19H14N2O/c1-2-25-22(21(15-24)20-12-11-18(26)14-23(20)25)13-10-17-8-5-7-16-6-3-4-9-19(16)17;1-3-24-20(19(13-22)18-10-9-17(26)12-21(18)24)11-6-15-4-7-16(8-5-15)23-14(2)25;1-2-25-18(17(12-24)16-9-8-15(26)11-19(16)25)10-5-13-3-6-14(7-4-13)20(21,22)23;1-3-22-19(11-6-14-4-8-16(24-2)9-5-14)18(13-21)17-10-7-15(23)12-20(17)22;1-2-22-18(10-5-13-3-6-14(20)7-4-13)17(12-21)16-9-8-15(23)11-19(16)22;1-2-21-18(11-8-14-6-4-3-5-7-14)17(13-20)16-10-9-15(22)12-19(16)21/h3-9,11-12,14,26H,2H2,1H3;4-5,7-10,12,26H,3H2,1-2H3,(H,23,25);3-4,6-9,11,26H,2H2,1H3;4-5,7-10,12,23H,3H2,1-2H3;3-4,6-9,11,23H,2H2,1H3;3-7,9-10,12,22H,2H2,1H3. The summed E-state index contributed by atoms with van der Waals surface area (Å²) in [6.07, 6.45) is -4.39. The Morgan fingerprint density at radius 2 is 0.571 bits per heavy atom. The van der Waals surface area contributed by atoms with E-state index in [2.05, 4.69) is 131 Å². The second-order valence-electron chi connectivity index (χ2n) is 32.6. The van der Waals surface area contributed by atoms with E-state index in [4.69, 9.17) is 16.3 Å². The Labute approximate surface area is 851 Å². The van der Waals surface area contributed by atoms with E-state index in [0.29, 0.717) is 134 Å². The van der Waals surface area contributed by atoms with Gasteiger partial charge in [0.15, 0.2) is 0 Å². The molecule has 21 nitrogen and oxygen atoms in total. The summed E-state index contributed by atoms with van der Waals surface area (Å²) in [6.45, 7) is 17.1. The first-order chi connectivity index (χ1) is 71.1. The van der Waals surface area contributed by atoms with E-state index >= 15 is 0 Å². The molecule has 718 valence electrons. The Kier molecular flexibility index (Phi) is 32.6. The fraction of sp³-hybridized carbons (Fsp3) is 0.123. The van der Waals surface area contributed by atoms with E-state index in [0.717, 1.165) is 111 Å². The molecule has 0 atom stereocenters.